The summed E-state index contributed by atoms with van der Waals surface area (Å²) in [4.78, 5) is 49.4. The predicted octanol–water partition coefficient (Wildman–Crippen LogP) is 2.62. The SMILES string of the molecule is O=C(Nc1cccc2c1C(=O)N(CC(O)CN1CCN(c3ccccn3)CC1)C2=O)C1=CC(Cl)=CCC1=S. The molecule has 9 nitrogen and oxygen atoms in total. The number of anilines is 2. The lowest BCUT2D eigenvalue weighted by atomic mass is 10.0. The van der Waals surface area contributed by atoms with Gasteiger partial charge in [0.1, 0.15) is 5.82 Å². The van der Waals surface area contributed by atoms with E-state index >= 15 is 0 Å². The van der Waals surface area contributed by atoms with E-state index in [1.165, 1.54) is 6.08 Å². The predicted molar refractivity (Wildman–Crippen MR) is 149 cm³/mol. The van der Waals surface area contributed by atoms with E-state index in [9.17, 15) is 19.5 Å². The van der Waals surface area contributed by atoms with Crippen LogP contribution in [0.2, 0.25) is 0 Å². The number of nitrogens with one attached hydrogen (secondary N) is 1. The Bertz CT molecular complexity index is 1350. The number of aliphatic hydroxyl groups excluding tert-OH is 1. The molecule has 0 saturated carbocycles. The molecule has 5 rings (SSSR count). The number of benzene rings is 1. The summed E-state index contributed by atoms with van der Waals surface area (Å²) in [7, 11) is 0. The highest BCUT2D eigenvalue weighted by Crippen LogP contribution is 2.30. The standard InChI is InChI=1S/C27H26ClN5O4S/c28-17-7-8-22(38)20(14-17)25(35)30-21-5-3-4-19-24(21)27(37)33(26(19)36)16-18(34)15-31-10-12-32(13-11-31)23-6-1-2-9-29-23/h1-7,9,14,18,34H,8,10-13,15-16H2,(H,30,35). The number of imide groups is 1. The number of β-amino-alcohol motifs (C(OH)–C–C–N with tert-alkyl or cyclic N) is 1. The van der Waals surface area contributed by atoms with E-state index in [1.54, 1.807) is 30.5 Å². The molecule has 1 fully saturated rings. The van der Waals surface area contributed by atoms with Gasteiger partial charge >= 0.3 is 0 Å². The minimum Gasteiger partial charge on any atom is -0.390 e. The lowest BCUT2D eigenvalue weighted by Crippen LogP contribution is -2.50. The Balaban J connectivity index is 1.22. The molecule has 11 heteroatoms. The smallest absolute Gasteiger partial charge is 0.263 e. The van der Waals surface area contributed by atoms with E-state index < -0.39 is 23.8 Å². The third-order valence-electron chi connectivity index (χ3n) is 6.76. The normalized spacial score (nSPS) is 18.7. The fraction of sp³-hybridized carbons (Fsp3) is 0.296. The van der Waals surface area contributed by atoms with Gasteiger partial charge in [-0.25, -0.2) is 4.98 Å². The number of thiocarbonyl (C=S) groups is 1. The maximum atomic E-state index is 13.3. The zero-order valence-electron chi connectivity index (χ0n) is 20.5. The Labute approximate surface area is 230 Å². The summed E-state index contributed by atoms with van der Waals surface area (Å²) in [5.74, 6) is -0.641. The molecule has 0 radical (unpaired) electrons. The molecule has 3 heterocycles. The molecule has 1 aromatic heterocycles. The first-order valence-corrected chi connectivity index (χ1v) is 13.1. The molecule has 3 aliphatic rings. The summed E-state index contributed by atoms with van der Waals surface area (Å²) in [5, 5.41) is 13.9. The van der Waals surface area contributed by atoms with Crippen LogP contribution >= 0.6 is 23.8 Å². The molecule has 1 unspecified atom stereocenters. The van der Waals surface area contributed by atoms with Crippen molar-refractivity contribution in [1.29, 1.82) is 0 Å². The molecule has 2 N–H and O–H groups in total. The van der Waals surface area contributed by atoms with Gasteiger partial charge in [0.25, 0.3) is 17.7 Å². The van der Waals surface area contributed by atoms with Crippen LogP contribution in [0.25, 0.3) is 0 Å². The van der Waals surface area contributed by atoms with Crippen LogP contribution in [0.3, 0.4) is 0 Å². The van der Waals surface area contributed by atoms with E-state index in [-0.39, 0.29) is 28.9 Å². The molecule has 0 spiro atoms. The number of halogens is 1. The molecule has 1 aromatic carbocycles. The molecule has 1 aliphatic carbocycles. The van der Waals surface area contributed by atoms with Crippen LogP contribution in [0.1, 0.15) is 27.1 Å². The highest BCUT2D eigenvalue weighted by Gasteiger charge is 2.39. The van der Waals surface area contributed by atoms with Gasteiger partial charge in [0.15, 0.2) is 0 Å². The number of carbonyl (C=O) groups excluding carboxylic acids is 3. The van der Waals surface area contributed by atoms with Crippen molar-refractivity contribution < 1.29 is 19.5 Å². The second-order valence-corrected chi connectivity index (χ2v) is 10.2. The average Bonchev–Trinajstić information content (AvgIpc) is 3.16. The molecule has 196 valence electrons. The fourth-order valence-electron chi connectivity index (χ4n) is 4.83. The number of pyridine rings is 1. The van der Waals surface area contributed by atoms with Crippen molar-refractivity contribution >= 4 is 57.9 Å². The first kappa shape index (κ1) is 26.2. The van der Waals surface area contributed by atoms with Crippen LogP contribution in [-0.2, 0) is 4.79 Å². The van der Waals surface area contributed by atoms with E-state index in [1.807, 2.05) is 18.2 Å². The van der Waals surface area contributed by atoms with Crippen molar-refractivity contribution in [3.05, 3.63) is 76.5 Å². The van der Waals surface area contributed by atoms with Crippen LogP contribution in [0.4, 0.5) is 11.5 Å². The Morgan fingerprint density at radius 2 is 1.87 bits per heavy atom. The molecule has 3 amide bonds. The number of aliphatic hydroxyl groups is 1. The van der Waals surface area contributed by atoms with Crippen molar-refractivity contribution in [2.45, 2.75) is 12.5 Å². The number of aromatic nitrogens is 1. The van der Waals surface area contributed by atoms with Crippen molar-refractivity contribution in [2.24, 2.45) is 0 Å². The van der Waals surface area contributed by atoms with Crippen molar-refractivity contribution in [3.63, 3.8) is 0 Å². The molecule has 2 aromatic rings. The lowest BCUT2D eigenvalue weighted by Gasteiger charge is -2.36. The Morgan fingerprint density at radius 1 is 1.08 bits per heavy atom. The Hall–Kier alpha value is -3.44. The molecular weight excluding hydrogens is 526 g/mol. The van der Waals surface area contributed by atoms with E-state index in [4.69, 9.17) is 23.8 Å². The number of hydrogen-bond donors (Lipinski definition) is 2. The Morgan fingerprint density at radius 3 is 2.61 bits per heavy atom. The topological polar surface area (TPSA) is 106 Å². The number of carbonyl (C=O) groups is 3. The van der Waals surface area contributed by atoms with Gasteiger partial charge in [-0.3, -0.25) is 24.2 Å². The van der Waals surface area contributed by atoms with Gasteiger partial charge in [-0.1, -0.05) is 42.0 Å². The monoisotopic (exact) mass is 551 g/mol. The number of allylic oxidation sites excluding steroid dienone is 3. The zero-order chi connectivity index (χ0) is 26.8. The molecular formula is C27H26ClN5O4S. The number of nitrogens with zero attached hydrogens (tertiary/aromatic N) is 4. The summed E-state index contributed by atoms with van der Waals surface area (Å²) in [6, 6.07) is 10.5. The van der Waals surface area contributed by atoms with Crippen molar-refractivity contribution in [3.8, 4) is 0 Å². The first-order chi connectivity index (χ1) is 18.3. The number of fused-ring (bicyclic) bond motifs is 1. The largest absolute Gasteiger partial charge is 0.390 e. The van der Waals surface area contributed by atoms with Crippen LogP contribution in [0.15, 0.2) is 65.4 Å². The third kappa shape index (κ3) is 5.39. The van der Waals surface area contributed by atoms with Gasteiger partial charge in [0.2, 0.25) is 0 Å². The number of rotatable bonds is 7. The minimum atomic E-state index is -0.921. The maximum absolute atomic E-state index is 13.3. The van der Waals surface area contributed by atoms with Crippen LogP contribution < -0.4 is 10.2 Å². The summed E-state index contributed by atoms with van der Waals surface area (Å²) >= 11 is 11.3. The van der Waals surface area contributed by atoms with Gasteiger partial charge in [-0.05, 0) is 30.3 Å². The third-order valence-corrected chi connectivity index (χ3v) is 7.41. The fourth-order valence-corrected chi connectivity index (χ4v) is 5.25. The second-order valence-electron chi connectivity index (χ2n) is 9.31. The summed E-state index contributed by atoms with van der Waals surface area (Å²) in [5.41, 5.74) is 0.744. The van der Waals surface area contributed by atoms with E-state index in [0.29, 0.717) is 22.9 Å². The zero-order valence-corrected chi connectivity index (χ0v) is 22.0. The molecule has 1 saturated heterocycles. The quantitative estimate of drug-likeness (QED) is 0.400. The van der Waals surface area contributed by atoms with Gasteiger partial charge in [-0.15, -0.1) is 0 Å². The summed E-state index contributed by atoms with van der Waals surface area (Å²) < 4.78 is 0. The summed E-state index contributed by atoms with van der Waals surface area (Å²) in [6.07, 6.45) is 4.42. The number of piperazine rings is 1. The van der Waals surface area contributed by atoms with Gasteiger partial charge in [-0.2, -0.15) is 0 Å². The van der Waals surface area contributed by atoms with Crippen molar-refractivity contribution in [2.75, 3.05) is 49.5 Å². The van der Waals surface area contributed by atoms with E-state index in [2.05, 4.69) is 20.1 Å². The molecule has 2 aliphatic heterocycles. The average molecular weight is 552 g/mol. The maximum Gasteiger partial charge on any atom is 0.263 e. The number of hydrogen-bond acceptors (Lipinski definition) is 8. The van der Waals surface area contributed by atoms with Crippen LogP contribution in [0.5, 0.6) is 0 Å². The first-order valence-electron chi connectivity index (χ1n) is 12.3. The van der Waals surface area contributed by atoms with E-state index in [0.717, 1.165) is 36.9 Å². The van der Waals surface area contributed by atoms with Gasteiger partial charge in [0, 0.05) is 55.2 Å². The van der Waals surface area contributed by atoms with Gasteiger partial charge in [0.05, 0.1) is 35.0 Å². The molecule has 38 heavy (non-hydrogen) atoms. The second kappa shape index (κ2) is 11.1. The number of amides is 3. The van der Waals surface area contributed by atoms with Gasteiger partial charge < -0.3 is 15.3 Å². The minimum absolute atomic E-state index is 0.103. The molecule has 1 atom stereocenters. The highest BCUT2D eigenvalue weighted by atomic mass is 35.5. The lowest BCUT2D eigenvalue weighted by molar-refractivity contribution is -0.112. The van der Waals surface area contributed by atoms with Crippen molar-refractivity contribution in [1.82, 2.24) is 14.8 Å². The van der Waals surface area contributed by atoms with Crippen LogP contribution in [0, 0.1) is 0 Å². The van der Waals surface area contributed by atoms with Crippen LogP contribution in [-0.4, -0.2) is 87.8 Å². The molecule has 0 bridgehead atoms. The summed E-state index contributed by atoms with van der Waals surface area (Å²) in [6.45, 7) is 3.16. The highest BCUT2D eigenvalue weighted by molar-refractivity contribution is 7.81. The Kier molecular flexibility index (Phi) is 7.66.